The molecule has 0 aromatic carbocycles. The largest absolute Gasteiger partial charge is 0.616 e. The molecule has 0 aliphatic heterocycles. The maximum Gasteiger partial charge on any atom is 0.269 e. The average Bonchev–Trinajstić information content (AvgIpc) is 2.31. The zero-order valence-electron chi connectivity index (χ0n) is 11.5. The van der Waals surface area contributed by atoms with Crippen molar-refractivity contribution in [2.24, 2.45) is 0 Å². The molecule has 19 heavy (non-hydrogen) atoms. The van der Waals surface area contributed by atoms with Gasteiger partial charge in [0.15, 0.2) is 5.75 Å². The van der Waals surface area contributed by atoms with Crippen LogP contribution in [0.2, 0.25) is 0 Å². The van der Waals surface area contributed by atoms with E-state index < -0.39 is 22.1 Å². The van der Waals surface area contributed by atoms with Crippen molar-refractivity contribution in [3.05, 3.63) is 0 Å². The number of amides is 2. The normalized spacial score (nSPS) is 12.5. The van der Waals surface area contributed by atoms with Gasteiger partial charge in [-0.1, -0.05) is 0 Å². The minimum absolute atomic E-state index is 0.00529. The van der Waals surface area contributed by atoms with Gasteiger partial charge in [0, 0.05) is 13.1 Å². The van der Waals surface area contributed by atoms with Crippen LogP contribution in [-0.4, -0.2) is 58.6 Å². The highest BCUT2D eigenvalue weighted by Gasteiger charge is 2.13. The summed E-state index contributed by atoms with van der Waals surface area (Å²) >= 11 is -1.31. The summed E-state index contributed by atoms with van der Waals surface area (Å²) in [5.74, 6) is -0.246. The Kier molecular flexibility index (Phi) is 9.72. The molecule has 0 radical (unpaired) electrons. The van der Waals surface area contributed by atoms with Crippen LogP contribution in [0.15, 0.2) is 0 Å². The van der Waals surface area contributed by atoms with E-state index in [1.54, 1.807) is 0 Å². The fourth-order valence-corrected chi connectivity index (χ4v) is 2.54. The summed E-state index contributed by atoms with van der Waals surface area (Å²) in [5, 5.41) is 5.25. The summed E-state index contributed by atoms with van der Waals surface area (Å²) in [5.41, 5.74) is 0. The van der Waals surface area contributed by atoms with Gasteiger partial charge in [0.1, 0.15) is 11.5 Å². The van der Waals surface area contributed by atoms with Crippen molar-refractivity contribution in [2.75, 3.05) is 37.1 Å². The number of nitrogens with one attached hydrogen (secondary N) is 2. The van der Waals surface area contributed by atoms with Gasteiger partial charge in [0.2, 0.25) is 0 Å². The summed E-state index contributed by atoms with van der Waals surface area (Å²) in [4.78, 5) is 33.3. The lowest BCUT2D eigenvalue weighted by Crippen LogP contribution is -2.37. The molecular formula is C11H22N2O4S2. The van der Waals surface area contributed by atoms with Crippen molar-refractivity contribution in [3.63, 3.8) is 0 Å². The second-order valence-corrected chi connectivity index (χ2v) is 7.99. The van der Waals surface area contributed by atoms with Crippen LogP contribution in [0.4, 0.5) is 4.79 Å². The molecule has 6 nitrogen and oxygen atoms in total. The van der Waals surface area contributed by atoms with Crippen LogP contribution in [0.3, 0.4) is 0 Å². The fourth-order valence-electron chi connectivity index (χ4n) is 1.06. The summed E-state index contributed by atoms with van der Waals surface area (Å²) < 4.78 is 11.4. The van der Waals surface area contributed by atoms with Gasteiger partial charge in [-0.25, -0.2) is 0 Å². The van der Waals surface area contributed by atoms with Crippen LogP contribution in [0.5, 0.6) is 0 Å². The molecule has 0 heterocycles. The molecule has 1 atom stereocenters. The number of carbonyl (C=O) groups excluding carboxylic acids is 3. The molecule has 1 unspecified atom stereocenters. The van der Waals surface area contributed by atoms with Crippen LogP contribution in [0.25, 0.3) is 0 Å². The molecule has 0 saturated carbocycles. The summed E-state index contributed by atoms with van der Waals surface area (Å²) in [6.45, 7) is 2.11. The van der Waals surface area contributed by atoms with E-state index in [-0.39, 0.29) is 34.9 Å². The van der Waals surface area contributed by atoms with Gasteiger partial charge in [0.25, 0.3) is 11.1 Å². The van der Waals surface area contributed by atoms with Crippen LogP contribution in [0.1, 0.15) is 13.3 Å². The lowest BCUT2D eigenvalue weighted by molar-refractivity contribution is -0.119. The fraction of sp³-hybridized carbons (Fsp3) is 0.727. The Labute approximate surface area is 119 Å². The SMILES string of the molecule is CC(=O)CC[S+]([O-])CC(=O)NCCNC(=O)[SH](C)C. The average molecular weight is 310 g/mol. The molecule has 8 heteroatoms. The van der Waals surface area contributed by atoms with Crippen molar-refractivity contribution in [2.45, 2.75) is 13.3 Å². The molecule has 2 N–H and O–H groups in total. The van der Waals surface area contributed by atoms with Gasteiger partial charge in [-0.15, -0.1) is 0 Å². The molecular weight excluding hydrogens is 288 g/mol. The number of rotatable bonds is 8. The van der Waals surface area contributed by atoms with E-state index in [0.29, 0.717) is 13.1 Å². The Morgan fingerprint density at radius 3 is 2.26 bits per heavy atom. The molecule has 0 bridgehead atoms. The Morgan fingerprint density at radius 2 is 1.74 bits per heavy atom. The van der Waals surface area contributed by atoms with E-state index in [0.717, 1.165) is 0 Å². The van der Waals surface area contributed by atoms with Crippen molar-refractivity contribution in [1.29, 1.82) is 0 Å². The lowest BCUT2D eigenvalue weighted by Gasteiger charge is -2.12. The Morgan fingerprint density at radius 1 is 1.16 bits per heavy atom. The van der Waals surface area contributed by atoms with Crippen LogP contribution < -0.4 is 10.6 Å². The molecule has 0 aromatic heterocycles. The molecule has 0 aliphatic carbocycles. The first kappa shape index (κ1) is 18.3. The number of carbonyl (C=O) groups is 3. The van der Waals surface area contributed by atoms with E-state index in [2.05, 4.69) is 10.6 Å². The Bertz CT molecular complexity index is 324. The van der Waals surface area contributed by atoms with Gasteiger partial charge >= 0.3 is 0 Å². The Hall–Kier alpha value is -0.730. The first-order valence-electron chi connectivity index (χ1n) is 5.89. The van der Waals surface area contributed by atoms with Crippen LogP contribution in [0, 0.1) is 0 Å². The van der Waals surface area contributed by atoms with Crippen molar-refractivity contribution in [3.8, 4) is 0 Å². The second-order valence-electron chi connectivity index (χ2n) is 4.22. The molecule has 0 aromatic rings. The third kappa shape index (κ3) is 10.8. The quantitative estimate of drug-likeness (QED) is 0.328. The maximum atomic E-state index is 11.4. The standard InChI is InChI=1S/C11H22N2O4S2/c1-9(14)4-7-19(17)8-10(15)12-5-6-13-11(16)18(2)3/h18H,4-8H2,1-3H3,(H,12,15)(H,13,16). The highest BCUT2D eigenvalue weighted by molar-refractivity contribution is 8.28. The predicted molar refractivity (Wildman–Crippen MR) is 80.4 cm³/mol. The molecule has 2 amide bonds. The number of Topliss-reactive ketones (excluding diaryl/α,β-unsaturated/α-hetero) is 1. The van der Waals surface area contributed by atoms with Gasteiger partial charge in [-0.05, 0) is 30.6 Å². The summed E-state index contributed by atoms with van der Waals surface area (Å²) in [6, 6.07) is 0. The Balaban J connectivity index is 3.64. The van der Waals surface area contributed by atoms with Gasteiger partial charge < -0.3 is 15.2 Å². The predicted octanol–water partition coefficient (Wildman–Crippen LogP) is -0.199. The third-order valence-electron chi connectivity index (χ3n) is 2.10. The van der Waals surface area contributed by atoms with E-state index in [4.69, 9.17) is 0 Å². The van der Waals surface area contributed by atoms with Crippen LogP contribution >= 0.6 is 10.9 Å². The lowest BCUT2D eigenvalue weighted by atomic mass is 10.4. The van der Waals surface area contributed by atoms with E-state index in [1.165, 1.54) is 6.92 Å². The summed E-state index contributed by atoms with van der Waals surface area (Å²) in [7, 11) is -0.662. The molecule has 0 rings (SSSR count). The maximum absolute atomic E-state index is 11.4. The number of hydrogen-bond donors (Lipinski definition) is 3. The zero-order valence-corrected chi connectivity index (χ0v) is 13.2. The van der Waals surface area contributed by atoms with E-state index >= 15 is 0 Å². The topological polar surface area (TPSA) is 98.3 Å². The highest BCUT2D eigenvalue weighted by atomic mass is 32.2. The minimum Gasteiger partial charge on any atom is -0.616 e. The molecule has 112 valence electrons. The molecule has 0 aliphatic rings. The van der Waals surface area contributed by atoms with E-state index in [1.807, 2.05) is 12.5 Å². The van der Waals surface area contributed by atoms with Crippen molar-refractivity contribution in [1.82, 2.24) is 10.6 Å². The second kappa shape index (κ2) is 10.1. The van der Waals surface area contributed by atoms with Crippen molar-refractivity contribution < 1.29 is 18.9 Å². The van der Waals surface area contributed by atoms with Crippen molar-refractivity contribution >= 4 is 39.0 Å². The minimum atomic E-state index is -1.31. The monoisotopic (exact) mass is 310 g/mol. The molecule has 0 saturated heterocycles. The third-order valence-corrected chi connectivity index (χ3v) is 4.32. The van der Waals surface area contributed by atoms with Gasteiger partial charge in [0.05, 0.1) is 6.42 Å². The van der Waals surface area contributed by atoms with Gasteiger partial charge in [-0.2, -0.15) is 10.9 Å². The van der Waals surface area contributed by atoms with Gasteiger partial charge in [-0.3, -0.25) is 14.4 Å². The smallest absolute Gasteiger partial charge is 0.269 e. The van der Waals surface area contributed by atoms with Crippen LogP contribution in [-0.2, 0) is 20.8 Å². The summed E-state index contributed by atoms with van der Waals surface area (Å²) in [6.07, 6.45) is 3.93. The zero-order chi connectivity index (χ0) is 14.8. The number of hydrogen-bond acceptors (Lipinski definition) is 4. The molecule has 0 fully saturated rings. The number of thiol groups is 1. The first-order chi connectivity index (χ1) is 8.82. The first-order valence-corrected chi connectivity index (χ1v) is 9.61. The highest BCUT2D eigenvalue weighted by Crippen LogP contribution is 2.12. The van der Waals surface area contributed by atoms with E-state index in [9.17, 15) is 18.9 Å². The number of ketones is 1. The molecule has 0 spiro atoms.